The van der Waals surface area contributed by atoms with Gasteiger partial charge in [-0.1, -0.05) is 12.1 Å². The van der Waals surface area contributed by atoms with Crippen molar-refractivity contribution >= 4 is 5.78 Å². The van der Waals surface area contributed by atoms with Crippen LogP contribution in [0.25, 0.3) is 0 Å². The van der Waals surface area contributed by atoms with Gasteiger partial charge in [-0.3, -0.25) is 4.79 Å². The molecule has 0 radical (unpaired) electrons. The van der Waals surface area contributed by atoms with Crippen LogP contribution in [0.4, 0.5) is 4.39 Å². The summed E-state index contributed by atoms with van der Waals surface area (Å²) in [6, 6.07) is 4.79. The molecule has 0 aliphatic carbocycles. The molecule has 1 saturated heterocycles. The summed E-state index contributed by atoms with van der Waals surface area (Å²) < 4.78 is 24.8. The number of carbonyl (C=O) groups is 1. The molecule has 1 atom stereocenters. The maximum absolute atomic E-state index is 14.3. The number of rotatable bonds is 5. The molecule has 0 saturated carbocycles. The number of ether oxygens (including phenoxy) is 2. The van der Waals surface area contributed by atoms with Crippen LogP contribution in [0.5, 0.6) is 5.88 Å². The van der Waals surface area contributed by atoms with Crippen molar-refractivity contribution in [3.8, 4) is 5.88 Å². The van der Waals surface area contributed by atoms with E-state index in [-0.39, 0.29) is 29.8 Å². The molecule has 6 nitrogen and oxygen atoms in total. The largest absolute Gasteiger partial charge is 0.480 e. The van der Waals surface area contributed by atoms with Crippen molar-refractivity contribution in [2.75, 3.05) is 26.8 Å². The smallest absolute Gasteiger partial charge is 0.232 e. The average Bonchev–Trinajstić information content (AvgIpc) is 2.62. The van der Waals surface area contributed by atoms with Gasteiger partial charge >= 0.3 is 0 Å². The number of morpholine rings is 1. The Morgan fingerprint density at radius 1 is 1.42 bits per heavy atom. The normalized spacial score (nSPS) is 17.5. The second kappa shape index (κ2) is 7.46. The Hall–Kier alpha value is -2.38. The summed E-state index contributed by atoms with van der Waals surface area (Å²) >= 11 is 0. The highest BCUT2D eigenvalue weighted by molar-refractivity contribution is 5.95. The third-order valence-electron chi connectivity index (χ3n) is 3.83. The van der Waals surface area contributed by atoms with Crippen LogP contribution >= 0.6 is 0 Å². The van der Waals surface area contributed by atoms with Crippen molar-refractivity contribution < 1.29 is 18.7 Å². The molecule has 1 aliphatic rings. The van der Waals surface area contributed by atoms with Crippen LogP contribution in [0.3, 0.4) is 0 Å². The summed E-state index contributed by atoms with van der Waals surface area (Å²) in [5.74, 6) is -0.259. The first-order valence-corrected chi connectivity index (χ1v) is 7.67. The van der Waals surface area contributed by atoms with Crippen molar-refractivity contribution in [1.29, 1.82) is 0 Å². The van der Waals surface area contributed by atoms with Crippen molar-refractivity contribution in [3.05, 3.63) is 53.2 Å². The minimum Gasteiger partial charge on any atom is -0.480 e. The highest BCUT2D eigenvalue weighted by Gasteiger charge is 2.20. The van der Waals surface area contributed by atoms with Crippen molar-refractivity contribution in [3.63, 3.8) is 0 Å². The van der Waals surface area contributed by atoms with Crippen LogP contribution in [-0.2, 0) is 11.2 Å². The quantitative estimate of drug-likeness (QED) is 0.841. The number of halogens is 1. The van der Waals surface area contributed by atoms with E-state index in [4.69, 9.17) is 9.47 Å². The second-order valence-corrected chi connectivity index (χ2v) is 5.46. The van der Waals surface area contributed by atoms with Gasteiger partial charge in [0.25, 0.3) is 0 Å². The number of hydrogen-bond acceptors (Lipinski definition) is 6. The lowest BCUT2D eigenvalue weighted by Gasteiger charge is -2.24. The summed E-state index contributed by atoms with van der Waals surface area (Å²) in [4.78, 5) is 20.2. The summed E-state index contributed by atoms with van der Waals surface area (Å²) in [5, 5.41) is 3.17. The molecule has 0 unspecified atom stereocenters. The molecule has 1 aromatic carbocycles. The van der Waals surface area contributed by atoms with Crippen LogP contribution in [0.2, 0.25) is 0 Å². The zero-order valence-electron chi connectivity index (χ0n) is 13.3. The summed E-state index contributed by atoms with van der Waals surface area (Å²) in [7, 11) is 1.47. The lowest BCUT2D eigenvalue weighted by Crippen LogP contribution is -2.33. The SMILES string of the molecule is COc1cnc(C(=O)Cc2ccc([C@@H]3CNCCO3)c(F)c2)cn1. The minimum atomic E-state index is -0.366. The number of Topliss-reactive ketones (excluding diaryl/α,β-unsaturated/α-hetero) is 1. The minimum absolute atomic E-state index is 0.0575. The van der Waals surface area contributed by atoms with Gasteiger partial charge in [-0.05, 0) is 11.6 Å². The summed E-state index contributed by atoms with van der Waals surface area (Å²) in [6.45, 7) is 1.91. The molecule has 0 amide bonds. The number of benzene rings is 1. The van der Waals surface area contributed by atoms with Gasteiger partial charge in [-0.2, -0.15) is 0 Å². The van der Waals surface area contributed by atoms with Gasteiger partial charge < -0.3 is 14.8 Å². The van der Waals surface area contributed by atoms with Crippen LogP contribution in [0.15, 0.2) is 30.6 Å². The Labute approximate surface area is 139 Å². The number of aromatic nitrogens is 2. The molecule has 2 aromatic rings. The monoisotopic (exact) mass is 331 g/mol. The van der Waals surface area contributed by atoms with E-state index in [1.54, 1.807) is 12.1 Å². The predicted octanol–water partition coefficient (Wildman–Crippen LogP) is 1.71. The Morgan fingerprint density at radius 3 is 2.92 bits per heavy atom. The van der Waals surface area contributed by atoms with E-state index in [0.29, 0.717) is 30.2 Å². The van der Waals surface area contributed by atoms with Gasteiger partial charge in [0.2, 0.25) is 5.88 Å². The van der Waals surface area contributed by atoms with Gasteiger partial charge in [-0.15, -0.1) is 0 Å². The molecule has 2 heterocycles. The van der Waals surface area contributed by atoms with Crippen molar-refractivity contribution in [2.45, 2.75) is 12.5 Å². The van der Waals surface area contributed by atoms with E-state index in [1.165, 1.54) is 25.6 Å². The molecule has 1 fully saturated rings. The Balaban J connectivity index is 1.70. The highest BCUT2D eigenvalue weighted by atomic mass is 19.1. The number of methoxy groups -OCH3 is 1. The van der Waals surface area contributed by atoms with E-state index in [9.17, 15) is 9.18 Å². The number of nitrogens with zero attached hydrogens (tertiary/aromatic N) is 2. The standard InChI is InChI=1S/C17H18FN3O3/c1-23-17-10-20-14(8-21-17)15(22)7-11-2-3-12(13(18)6-11)16-9-19-4-5-24-16/h2-3,6,8,10,16,19H,4-5,7,9H2,1H3/t16-/m0/s1. The van der Waals surface area contributed by atoms with E-state index in [0.717, 1.165) is 6.54 Å². The fourth-order valence-electron chi connectivity index (χ4n) is 2.55. The van der Waals surface area contributed by atoms with Crippen LogP contribution in [-0.4, -0.2) is 42.6 Å². The van der Waals surface area contributed by atoms with E-state index in [1.807, 2.05) is 0 Å². The zero-order chi connectivity index (χ0) is 16.9. The molecule has 1 aromatic heterocycles. The number of ketones is 1. The lowest BCUT2D eigenvalue weighted by atomic mass is 10.0. The van der Waals surface area contributed by atoms with E-state index in [2.05, 4.69) is 15.3 Å². The Bertz CT molecular complexity index is 716. The number of nitrogens with one attached hydrogen (secondary N) is 1. The van der Waals surface area contributed by atoms with Crippen LogP contribution < -0.4 is 10.1 Å². The number of hydrogen-bond donors (Lipinski definition) is 1. The molecule has 1 aliphatic heterocycles. The molecular formula is C17H18FN3O3. The van der Waals surface area contributed by atoms with Crippen LogP contribution in [0.1, 0.15) is 27.7 Å². The molecule has 7 heteroatoms. The van der Waals surface area contributed by atoms with Crippen LogP contribution in [0, 0.1) is 5.82 Å². The highest BCUT2D eigenvalue weighted by Crippen LogP contribution is 2.23. The molecule has 126 valence electrons. The van der Waals surface area contributed by atoms with Gasteiger partial charge in [-0.25, -0.2) is 14.4 Å². The van der Waals surface area contributed by atoms with Gasteiger partial charge in [0.05, 0.1) is 32.2 Å². The van der Waals surface area contributed by atoms with Crippen molar-refractivity contribution in [2.24, 2.45) is 0 Å². The third-order valence-corrected chi connectivity index (χ3v) is 3.83. The van der Waals surface area contributed by atoms with Gasteiger partial charge in [0.15, 0.2) is 5.78 Å². The Kier molecular flexibility index (Phi) is 5.12. The second-order valence-electron chi connectivity index (χ2n) is 5.46. The fourth-order valence-corrected chi connectivity index (χ4v) is 2.55. The first kappa shape index (κ1) is 16.5. The van der Waals surface area contributed by atoms with E-state index < -0.39 is 0 Å². The molecule has 1 N–H and O–H groups in total. The molecule has 3 rings (SSSR count). The summed E-state index contributed by atoms with van der Waals surface area (Å²) in [6.07, 6.45) is 2.50. The van der Waals surface area contributed by atoms with Gasteiger partial charge in [0.1, 0.15) is 11.5 Å². The maximum atomic E-state index is 14.3. The molecular weight excluding hydrogens is 313 g/mol. The lowest BCUT2D eigenvalue weighted by molar-refractivity contribution is 0.0255. The van der Waals surface area contributed by atoms with E-state index >= 15 is 0 Å². The van der Waals surface area contributed by atoms with Crippen molar-refractivity contribution in [1.82, 2.24) is 15.3 Å². The molecule has 24 heavy (non-hydrogen) atoms. The zero-order valence-corrected chi connectivity index (χ0v) is 13.3. The topological polar surface area (TPSA) is 73.3 Å². The predicted molar refractivity (Wildman–Crippen MR) is 84.6 cm³/mol. The first-order chi connectivity index (χ1) is 11.7. The average molecular weight is 331 g/mol. The third kappa shape index (κ3) is 3.74. The fraction of sp³-hybridized carbons (Fsp3) is 0.353. The molecule has 0 spiro atoms. The maximum Gasteiger partial charge on any atom is 0.232 e. The molecule has 0 bridgehead atoms. The number of carbonyl (C=O) groups excluding carboxylic acids is 1. The van der Waals surface area contributed by atoms with Gasteiger partial charge in [0, 0.05) is 25.1 Å². The Morgan fingerprint density at radius 2 is 2.29 bits per heavy atom. The summed E-state index contributed by atoms with van der Waals surface area (Å²) in [5.41, 5.74) is 1.31. The first-order valence-electron chi connectivity index (χ1n) is 7.67.